The number of nitrogens with one attached hydrogen (secondary N) is 2. The third kappa shape index (κ3) is 3.30. The van der Waals surface area contributed by atoms with Gasteiger partial charge in [0.05, 0.1) is 6.54 Å². The van der Waals surface area contributed by atoms with Crippen molar-refractivity contribution in [2.24, 2.45) is 0 Å². The molecule has 1 aliphatic rings. The maximum absolute atomic E-state index is 11.6. The van der Waals surface area contributed by atoms with Crippen molar-refractivity contribution < 1.29 is 18.8 Å². The molecule has 2 rings (SSSR count). The molecule has 2 N–H and O–H groups in total. The minimum Gasteiger partial charge on any atom is -0.368 e. The van der Waals surface area contributed by atoms with E-state index in [0.717, 1.165) is 6.42 Å². The zero-order valence-corrected chi connectivity index (χ0v) is 10.1. The third-order valence-electron chi connectivity index (χ3n) is 2.54. The maximum atomic E-state index is 11.6. The second-order valence-electron chi connectivity index (χ2n) is 4.09. The van der Waals surface area contributed by atoms with Gasteiger partial charge in [-0.3, -0.25) is 9.59 Å². The largest absolute Gasteiger partial charge is 0.368 e. The van der Waals surface area contributed by atoms with Crippen molar-refractivity contribution >= 4 is 17.6 Å². The minimum absolute atomic E-state index is 0.107. The van der Waals surface area contributed by atoms with Crippen LogP contribution in [0, 0.1) is 6.92 Å². The second kappa shape index (κ2) is 5.63. The quantitative estimate of drug-likeness (QED) is 0.800. The highest BCUT2D eigenvalue weighted by molar-refractivity contribution is 5.94. The molecule has 7 heteroatoms. The van der Waals surface area contributed by atoms with Crippen LogP contribution in [0.1, 0.15) is 18.6 Å². The second-order valence-corrected chi connectivity index (χ2v) is 4.09. The molecule has 98 valence electrons. The Morgan fingerprint density at radius 2 is 2.39 bits per heavy atom. The molecule has 2 heterocycles. The van der Waals surface area contributed by atoms with Gasteiger partial charge in [-0.2, -0.15) is 0 Å². The SMILES string of the molecule is Cc1cc(NC(=O)CNC(=O)C2CCCO2)no1. The van der Waals surface area contributed by atoms with Crippen LogP contribution in [0.5, 0.6) is 0 Å². The number of hydrogen-bond acceptors (Lipinski definition) is 5. The smallest absolute Gasteiger partial charge is 0.249 e. The van der Waals surface area contributed by atoms with E-state index in [1.165, 1.54) is 0 Å². The molecule has 7 nitrogen and oxygen atoms in total. The number of aryl methyl sites for hydroxylation is 1. The van der Waals surface area contributed by atoms with Crippen LogP contribution in [-0.4, -0.2) is 36.2 Å². The highest BCUT2D eigenvalue weighted by atomic mass is 16.5. The Morgan fingerprint density at radius 1 is 1.56 bits per heavy atom. The molecule has 18 heavy (non-hydrogen) atoms. The fourth-order valence-corrected chi connectivity index (χ4v) is 1.68. The average molecular weight is 253 g/mol. The molecule has 0 aliphatic carbocycles. The lowest BCUT2D eigenvalue weighted by Gasteiger charge is -2.09. The van der Waals surface area contributed by atoms with Crippen LogP contribution in [0.15, 0.2) is 10.6 Å². The summed E-state index contributed by atoms with van der Waals surface area (Å²) in [6.07, 6.45) is 1.16. The van der Waals surface area contributed by atoms with Gasteiger partial charge in [0, 0.05) is 12.7 Å². The molecule has 1 aliphatic heterocycles. The zero-order valence-electron chi connectivity index (χ0n) is 10.1. The standard InChI is InChI=1S/C11H15N3O4/c1-7-5-9(14-18-7)13-10(15)6-12-11(16)8-3-2-4-17-8/h5,8H,2-4,6H2,1H3,(H,12,16)(H,13,14,15). The number of anilines is 1. The molecule has 1 atom stereocenters. The Kier molecular flexibility index (Phi) is 3.93. The molecule has 0 radical (unpaired) electrons. The van der Waals surface area contributed by atoms with Crippen LogP contribution < -0.4 is 10.6 Å². The Balaban J connectivity index is 1.72. The van der Waals surface area contributed by atoms with Gasteiger partial charge < -0.3 is 19.9 Å². The van der Waals surface area contributed by atoms with E-state index in [1.807, 2.05) is 0 Å². The van der Waals surface area contributed by atoms with Crippen molar-refractivity contribution in [3.63, 3.8) is 0 Å². The van der Waals surface area contributed by atoms with E-state index in [1.54, 1.807) is 13.0 Å². The number of hydrogen-bond donors (Lipinski definition) is 2. The normalized spacial score (nSPS) is 18.6. The van der Waals surface area contributed by atoms with Crippen LogP contribution in [0.25, 0.3) is 0 Å². The van der Waals surface area contributed by atoms with Crippen molar-refractivity contribution in [3.05, 3.63) is 11.8 Å². The Morgan fingerprint density at radius 3 is 3.00 bits per heavy atom. The Labute approximate surface area is 104 Å². The molecule has 1 aromatic heterocycles. The molecule has 1 aromatic rings. The lowest BCUT2D eigenvalue weighted by molar-refractivity contribution is -0.131. The fraction of sp³-hybridized carbons (Fsp3) is 0.545. The average Bonchev–Trinajstić information content (AvgIpc) is 2.97. The van der Waals surface area contributed by atoms with E-state index in [-0.39, 0.29) is 18.4 Å². The lowest BCUT2D eigenvalue weighted by atomic mass is 10.2. The number of rotatable bonds is 4. The molecular weight excluding hydrogens is 238 g/mol. The number of aromatic nitrogens is 1. The molecule has 0 aromatic carbocycles. The van der Waals surface area contributed by atoms with Crippen LogP contribution in [-0.2, 0) is 14.3 Å². The molecule has 1 unspecified atom stereocenters. The first kappa shape index (κ1) is 12.6. The molecule has 1 fully saturated rings. The summed E-state index contributed by atoms with van der Waals surface area (Å²) in [4.78, 5) is 23.0. The number of ether oxygens (including phenoxy) is 1. The van der Waals surface area contributed by atoms with E-state index in [9.17, 15) is 9.59 Å². The molecule has 1 saturated heterocycles. The molecular formula is C11H15N3O4. The summed E-state index contributed by atoms with van der Waals surface area (Å²) in [6, 6.07) is 1.60. The lowest BCUT2D eigenvalue weighted by Crippen LogP contribution is -2.39. The predicted octanol–water partition coefficient (Wildman–Crippen LogP) is 0.217. The summed E-state index contributed by atoms with van der Waals surface area (Å²) in [5.74, 6) is 0.339. The first-order valence-corrected chi connectivity index (χ1v) is 5.77. The van der Waals surface area contributed by atoms with Crippen LogP contribution in [0.2, 0.25) is 0 Å². The van der Waals surface area contributed by atoms with Crippen molar-refractivity contribution in [1.82, 2.24) is 10.5 Å². The summed E-state index contributed by atoms with van der Waals surface area (Å²) < 4.78 is 10.00. The number of nitrogens with zero attached hydrogens (tertiary/aromatic N) is 1. The number of carbonyl (C=O) groups is 2. The van der Waals surface area contributed by atoms with Crippen LogP contribution >= 0.6 is 0 Å². The van der Waals surface area contributed by atoms with Crippen molar-refractivity contribution in [2.45, 2.75) is 25.9 Å². The van der Waals surface area contributed by atoms with Crippen molar-refractivity contribution in [1.29, 1.82) is 0 Å². The van der Waals surface area contributed by atoms with E-state index in [2.05, 4.69) is 15.8 Å². The van der Waals surface area contributed by atoms with Gasteiger partial charge in [-0.1, -0.05) is 5.16 Å². The molecule has 0 bridgehead atoms. The first-order chi connectivity index (χ1) is 8.65. The van der Waals surface area contributed by atoms with Gasteiger partial charge in [0.25, 0.3) is 0 Å². The van der Waals surface area contributed by atoms with Crippen LogP contribution in [0.4, 0.5) is 5.82 Å². The van der Waals surface area contributed by atoms with Gasteiger partial charge in [-0.25, -0.2) is 0 Å². The number of amides is 2. The van der Waals surface area contributed by atoms with Crippen molar-refractivity contribution in [2.75, 3.05) is 18.5 Å². The highest BCUT2D eigenvalue weighted by Gasteiger charge is 2.23. The van der Waals surface area contributed by atoms with E-state index in [0.29, 0.717) is 24.6 Å². The summed E-state index contributed by atoms with van der Waals surface area (Å²) in [5, 5.41) is 8.64. The first-order valence-electron chi connectivity index (χ1n) is 5.77. The van der Waals surface area contributed by atoms with Gasteiger partial charge in [-0.05, 0) is 19.8 Å². The maximum Gasteiger partial charge on any atom is 0.249 e. The molecule has 0 saturated carbocycles. The van der Waals surface area contributed by atoms with Gasteiger partial charge >= 0.3 is 0 Å². The van der Waals surface area contributed by atoms with Crippen molar-refractivity contribution in [3.8, 4) is 0 Å². The van der Waals surface area contributed by atoms with Gasteiger partial charge in [0.1, 0.15) is 11.9 Å². The predicted molar refractivity (Wildman–Crippen MR) is 61.9 cm³/mol. The zero-order chi connectivity index (χ0) is 13.0. The van der Waals surface area contributed by atoms with E-state index < -0.39 is 6.10 Å². The van der Waals surface area contributed by atoms with E-state index in [4.69, 9.17) is 9.26 Å². The summed E-state index contributed by atoms with van der Waals surface area (Å²) in [7, 11) is 0. The summed E-state index contributed by atoms with van der Waals surface area (Å²) in [6.45, 7) is 2.22. The number of carbonyl (C=O) groups excluding carboxylic acids is 2. The van der Waals surface area contributed by atoms with Gasteiger partial charge in [-0.15, -0.1) is 0 Å². The van der Waals surface area contributed by atoms with Gasteiger partial charge in [0.2, 0.25) is 11.8 Å². The Bertz CT molecular complexity index is 437. The van der Waals surface area contributed by atoms with Gasteiger partial charge in [0.15, 0.2) is 5.82 Å². The van der Waals surface area contributed by atoms with Crippen LogP contribution in [0.3, 0.4) is 0 Å². The summed E-state index contributed by atoms with van der Waals surface area (Å²) >= 11 is 0. The Hall–Kier alpha value is -1.89. The molecule has 0 spiro atoms. The molecule has 2 amide bonds. The fourth-order valence-electron chi connectivity index (χ4n) is 1.68. The summed E-state index contributed by atoms with van der Waals surface area (Å²) in [5.41, 5.74) is 0. The monoisotopic (exact) mass is 253 g/mol. The topological polar surface area (TPSA) is 93.5 Å². The third-order valence-corrected chi connectivity index (χ3v) is 2.54. The highest BCUT2D eigenvalue weighted by Crippen LogP contribution is 2.11. The minimum atomic E-state index is -0.424. The van der Waals surface area contributed by atoms with E-state index >= 15 is 0 Å².